The lowest BCUT2D eigenvalue weighted by Gasteiger charge is -2.17. The number of nitrogens with one attached hydrogen (secondary N) is 2. The molecule has 0 fully saturated rings. The first-order chi connectivity index (χ1) is 9.70. The van der Waals surface area contributed by atoms with E-state index in [4.69, 9.17) is 17.0 Å². The average molecular weight is 287 g/mol. The molecule has 20 heavy (non-hydrogen) atoms. The normalized spacial score (nSPS) is 11.5. The molecule has 0 aliphatic rings. The van der Waals surface area contributed by atoms with Crippen LogP contribution in [0, 0.1) is 0 Å². The second-order valence-electron chi connectivity index (χ2n) is 4.29. The predicted molar refractivity (Wildman–Crippen MR) is 85.0 cm³/mol. The molecule has 2 aromatic rings. The van der Waals surface area contributed by atoms with Crippen molar-refractivity contribution in [1.82, 2.24) is 10.3 Å². The summed E-state index contributed by atoms with van der Waals surface area (Å²) < 4.78 is 5.22. The van der Waals surface area contributed by atoms with Crippen LogP contribution < -0.4 is 15.4 Å². The summed E-state index contributed by atoms with van der Waals surface area (Å²) in [6.45, 7) is 2.05. The van der Waals surface area contributed by atoms with Crippen molar-refractivity contribution in [3.8, 4) is 5.75 Å². The van der Waals surface area contributed by atoms with Crippen molar-refractivity contribution >= 4 is 23.1 Å². The molecule has 0 radical (unpaired) electrons. The summed E-state index contributed by atoms with van der Waals surface area (Å²) in [5.74, 6) is 1.26. The fourth-order valence-corrected chi connectivity index (χ4v) is 2.09. The molecule has 0 bridgehead atoms. The minimum absolute atomic E-state index is 0.117. The molecule has 0 aliphatic heterocycles. The monoisotopic (exact) mass is 287 g/mol. The Morgan fingerprint density at radius 3 is 2.65 bits per heavy atom. The predicted octanol–water partition coefficient (Wildman–Crippen LogP) is 3.14. The van der Waals surface area contributed by atoms with Crippen molar-refractivity contribution in [3.05, 3.63) is 54.2 Å². The molecule has 4 nitrogen and oxygen atoms in total. The molecule has 1 heterocycles. The van der Waals surface area contributed by atoms with Gasteiger partial charge in [-0.15, -0.1) is 0 Å². The molecule has 1 unspecified atom stereocenters. The summed E-state index contributed by atoms with van der Waals surface area (Å²) in [6.07, 6.45) is 1.69. The third-order valence-corrected chi connectivity index (χ3v) is 3.09. The summed E-state index contributed by atoms with van der Waals surface area (Å²) in [6, 6.07) is 13.9. The molecule has 5 heteroatoms. The molecule has 0 amide bonds. The van der Waals surface area contributed by atoms with Crippen LogP contribution in [0.1, 0.15) is 18.5 Å². The van der Waals surface area contributed by atoms with Crippen LogP contribution >= 0.6 is 12.2 Å². The number of pyridine rings is 1. The van der Waals surface area contributed by atoms with E-state index in [2.05, 4.69) is 34.7 Å². The third kappa shape index (κ3) is 3.68. The second kappa shape index (κ2) is 6.86. The number of hydrogen-bond donors (Lipinski definition) is 2. The smallest absolute Gasteiger partial charge is 0.174 e. The lowest BCUT2D eigenvalue weighted by molar-refractivity contribution is 0.415. The van der Waals surface area contributed by atoms with Gasteiger partial charge in [-0.3, -0.25) is 0 Å². The quantitative estimate of drug-likeness (QED) is 0.846. The van der Waals surface area contributed by atoms with Crippen LogP contribution in [0.3, 0.4) is 0 Å². The standard InChI is InChI=1S/C15H17N3OS/c1-11(12-7-4-3-5-8-12)17-15(20)18-14-13(19-2)9-6-10-16-14/h3-11H,1-2H3,(H2,16,17,18,20). The van der Waals surface area contributed by atoms with E-state index in [9.17, 15) is 0 Å². The van der Waals surface area contributed by atoms with E-state index in [1.54, 1.807) is 13.3 Å². The molecule has 0 aliphatic carbocycles. The Labute approximate surface area is 124 Å². The minimum Gasteiger partial charge on any atom is -0.493 e. The van der Waals surface area contributed by atoms with Gasteiger partial charge in [0, 0.05) is 6.20 Å². The number of benzene rings is 1. The summed E-state index contributed by atoms with van der Waals surface area (Å²) in [7, 11) is 1.60. The molecule has 0 saturated carbocycles. The van der Waals surface area contributed by atoms with Crippen LogP contribution in [0.25, 0.3) is 0 Å². The van der Waals surface area contributed by atoms with Gasteiger partial charge in [0.1, 0.15) is 0 Å². The fourth-order valence-electron chi connectivity index (χ4n) is 1.81. The van der Waals surface area contributed by atoms with Gasteiger partial charge >= 0.3 is 0 Å². The van der Waals surface area contributed by atoms with E-state index >= 15 is 0 Å². The van der Waals surface area contributed by atoms with Gasteiger partial charge in [0.15, 0.2) is 16.7 Å². The molecule has 0 spiro atoms. The first-order valence-electron chi connectivity index (χ1n) is 6.32. The topological polar surface area (TPSA) is 46.2 Å². The maximum absolute atomic E-state index is 5.30. The zero-order chi connectivity index (χ0) is 14.4. The number of ether oxygens (including phenoxy) is 1. The molecular formula is C15H17N3OS. The molecule has 2 rings (SSSR count). The molecular weight excluding hydrogens is 270 g/mol. The Balaban J connectivity index is 1.99. The molecule has 104 valence electrons. The molecule has 2 N–H and O–H groups in total. The van der Waals surface area contributed by atoms with Crippen LogP contribution in [0.15, 0.2) is 48.7 Å². The highest BCUT2D eigenvalue weighted by atomic mass is 32.1. The summed E-state index contributed by atoms with van der Waals surface area (Å²) in [5.41, 5.74) is 1.17. The van der Waals surface area contributed by atoms with Gasteiger partial charge < -0.3 is 15.4 Å². The molecule has 1 aromatic heterocycles. The first kappa shape index (κ1) is 14.3. The van der Waals surface area contributed by atoms with Gasteiger partial charge in [-0.05, 0) is 36.8 Å². The van der Waals surface area contributed by atoms with E-state index in [1.165, 1.54) is 5.56 Å². The SMILES string of the molecule is COc1cccnc1NC(=S)NC(C)c1ccccc1. The van der Waals surface area contributed by atoms with E-state index in [0.29, 0.717) is 16.7 Å². The number of hydrogen-bond acceptors (Lipinski definition) is 3. The van der Waals surface area contributed by atoms with Gasteiger partial charge in [0.25, 0.3) is 0 Å². The summed E-state index contributed by atoms with van der Waals surface area (Å²) in [4.78, 5) is 4.21. The Morgan fingerprint density at radius 2 is 1.95 bits per heavy atom. The van der Waals surface area contributed by atoms with Gasteiger partial charge in [0.05, 0.1) is 13.2 Å². The highest BCUT2D eigenvalue weighted by molar-refractivity contribution is 7.80. The van der Waals surface area contributed by atoms with Crippen LogP contribution in [0.2, 0.25) is 0 Å². The lowest BCUT2D eigenvalue weighted by atomic mass is 10.1. The largest absolute Gasteiger partial charge is 0.493 e. The van der Waals surface area contributed by atoms with Crippen molar-refractivity contribution in [2.45, 2.75) is 13.0 Å². The van der Waals surface area contributed by atoms with Crippen LogP contribution in [0.5, 0.6) is 5.75 Å². The van der Waals surface area contributed by atoms with Crippen molar-refractivity contribution in [2.24, 2.45) is 0 Å². The molecule has 1 aromatic carbocycles. The van der Waals surface area contributed by atoms with E-state index in [-0.39, 0.29) is 6.04 Å². The van der Waals surface area contributed by atoms with Crippen LogP contribution in [-0.2, 0) is 0 Å². The zero-order valence-electron chi connectivity index (χ0n) is 11.5. The Kier molecular flexibility index (Phi) is 4.90. The number of methoxy groups -OCH3 is 1. The van der Waals surface area contributed by atoms with Gasteiger partial charge in [-0.1, -0.05) is 30.3 Å². The lowest BCUT2D eigenvalue weighted by Crippen LogP contribution is -2.31. The van der Waals surface area contributed by atoms with Gasteiger partial charge in [0.2, 0.25) is 0 Å². The van der Waals surface area contributed by atoms with E-state index in [0.717, 1.165) is 0 Å². The molecule has 1 atom stereocenters. The highest BCUT2D eigenvalue weighted by Crippen LogP contribution is 2.20. The van der Waals surface area contributed by atoms with Gasteiger partial charge in [-0.25, -0.2) is 4.98 Å². The number of nitrogens with zero attached hydrogens (tertiary/aromatic N) is 1. The minimum atomic E-state index is 0.117. The fraction of sp³-hybridized carbons (Fsp3) is 0.200. The zero-order valence-corrected chi connectivity index (χ0v) is 12.3. The number of anilines is 1. The Morgan fingerprint density at radius 1 is 1.20 bits per heavy atom. The van der Waals surface area contributed by atoms with Crippen LogP contribution in [-0.4, -0.2) is 17.2 Å². The molecule has 0 saturated heterocycles. The average Bonchev–Trinajstić information content (AvgIpc) is 2.48. The number of thiocarbonyl (C=S) groups is 1. The highest BCUT2D eigenvalue weighted by Gasteiger charge is 2.09. The Hall–Kier alpha value is -2.14. The van der Waals surface area contributed by atoms with Crippen molar-refractivity contribution < 1.29 is 4.74 Å². The summed E-state index contributed by atoms with van der Waals surface area (Å²) >= 11 is 5.30. The Bertz CT molecular complexity index is 574. The first-order valence-corrected chi connectivity index (χ1v) is 6.73. The van der Waals surface area contributed by atoms with Crippen molar-refractivity contribution in [1.29, 1.82) is 0 Å². The van der Waals surface area contributed by atoms with Gasteiger partial charge in [-0.2, -0.15) is 0 Å². The van der Waals surface area contributed by atoms with Crippen molar-refractivity contribution in [3.63, 3.8) is 0 Å². The maximum Gasteiger partial charge on any atom is 0.174 e. The number of rotatable bonds is 4. The van der Waals surface area contributed by atoms with E-state index in [1.807, 2.05) is 30.3 Å². The third-order valence-electron chi connectivity index (χ3n) is 2.87. The maximum atomic E-state index is 5.30. The van der Waals surface area contributed by atoms with Crippen LogP contribution in [0.4, 0.5) is 5.82 Å². The second-order valence-corrected chi connectivity index (χ2v) is 4.69. The van der Waals surface area contributed by atoms with Crippen molar-refractivity contribution in [2.75, 3.05) is 12.4 Å². The van der Waals surface area contributed by atoms with E-state index < -0.39 is 0 Å². The number of aromatic nitrogens is 1. The summed E-state index contributed by atoms with van der Waals surface area (Å²) in [5, 5.41) is 6.78.